The van der Waals surface area contributed by atoms with Gasteiger partial charge in [-0.05, 0) is 72.8 Å². The number of hydrogen-bond acceptors (Lipinski definition) is 6. The number of ether oxygens (including phenoxy) is 1. The van der Waals surface area contributed by atoms with Crippen LogP contribution in [0.3, 0.4) is 0 Å². The summed E-state index contributed by atoms with van der Waals surface area (Å²) in [5.74, 6) is -0.411. The number of rotatable bonds is 7. The summed E-state index contributed by atoms with van der Waals surface area (Å²) in [6.45, 7) is 5.59. The van der Waals surface area contributed by atoms with Crippen molar-refractivity contribution in [2.75, 3.05) is 31.1 Å². The Balaban J connectivity index is 1.23. The van der Waals surface area contributed by atoms with Gasteiger partial charge in [0.25, 0.3) is 17.7 Å². The smallest absolute Gasteiger partial charge is 0.266 e. The van der Waals surface area contributed by atoms with E-state index in [1.807, 2.05) is 18.3 Å². The molecule has 2 aromatic carbocycles. The second kappa shape index (κ2) is 9.40. The van der Waals surface area contributed by atoms with Crippen LogP contribution in [0.5, 0.6) is 5.75 Å². The molecule has 1 N–H and O–H groups in total. The molecule has 0 aliphatic carbocycles. The lowest BCUT2D eigenvalue weighted by Gasteiger charge is -2.26. The molecule has 34 heavy (non-hydrogen) atoms. The van der Waals surface area contributed by atoms with Gasteiger partial charge >= 0.3 is 0 Å². The highest BCUT2D eigenvalue weighted by atomic mass is 32.1. The normalized spacial score (nSPS) is 15.3. The highest BCUT2D eigenvalue weighted by Gasteiger charge is 2.37. The third-order valence-electron chi connectivity index (χ3n) is 6.15. The van der Waals surface area contributed by atoms with Crippen LogP contribution in [0.15, 0.2) is 53.9 Å². The molecule has 2 aliphatic heterocycles. The van der Waals surface area contributed by atoms with Crippen molar-refractivity contribution >= 4 is 34.7 Å². The van der Waals surface area contributed by atoms with E-state index in [-0.39, 0.29) is 11.5 Å². The molecule has 174 valence electrons. The lowest BCUT2D eigenvalue weighted by atomic mass is 10.1. The lowest BCUT2D eigenvalue weighted by Crippen LogP contribution is -2.37. The van der Waals surface area contributed by atoms with E-state index in [1.165, 1.54) is 16.5 Å². The number of imide groups is 1. The van der Waals surface area contributed by atoms with E-state index in [4.69, 9.17) is 4.74 Å². The molecule has 0 saturated carbocycles. The summed E-state index contributed by atoms with van der Waals surface area (Å²) >= 11 is 1.81. The Morgan fingerprint density at radius 3 is 2.65 bits per heavy atom. The maximum atomic E-state index is 13.0. The van der Waals surface area contributed by atoms with Crippen LogP contribution in [0, 0.1) is 0 Å². The zero-order valence-electron chi connectivity index (χ0n) is 18.9. The summed E-state index contributed by atoms with van der Waals surface area (Å²) in [4.78, 5) is 43.6. The molecule has 0 spiro atoms. The van der Waals surface area contributed by atoms with Crippen molar-refractivity contribution in [2.24, 2.45) is 0 Å². The van der Waals surface area contributed by atoms with Gasteiger partial charge in [0, 0.05) is 36.6 Å². The maximum Gasteiger partial charge on any atom is 0.266 e. The van der Waals surface area contributed by atoms with E-state index in [1.54, 1.807) is 36.4 Å². The van der Waals surface area contributed by atoms with E-state index in [9.17, 15) is 14.4 Å². The Kier molecular flexibility index (Phi) is 6.17. The highest BCUT2D eigenvalue weighted by Crippen LogP contribution is 2.30. The van der Waals surface area contributed by atoms with Crippen LogP contribution in [0.4, 0.5) is 5.69 Å². The van der Waals surface area contributed by atoms with Gasteiger partial charge in [-0.25, -0.2) is 4.90 Å². The largest absolute Gasteiger partial charge is 0.494 e. The van der Waals surface area contributed by atoms with E-state index < -0.39 is 11.8 Å². The first-order valence-corrected chi connectivity index (χ1v) is 12.2. The molecule has 3 amide bonds. The number of benzene rings is 2. The fourth-order valence-corrected chi connectivity index (χ4v) is 5.29. The molecule has 8 heteroatoms. The van der Waals surface area contributed by atoms with Crippen molar-refractivity contribution in [1.29, 1.82) is 0 Å². The molecule has 0 fully saturated rings. The first-order valence-electron chi connectivity index (χ1n) is 11.4. The predicted molar refractivity (Wildman–Crippen MR) is 131 cm³/mol. The number of amides is 3. The zero-order valence-corrected chi connectivity index (χ0v) is 19.7. The summed E-state index contributed by atoms with van der Waals surface area (Å²) in [6.07, 6.45) is 1.05. The van der Waals surface area contributed by atoms with Crippen molar-refractivity contribution < 1.29 is 19.1 Å². The summed E-state index contributed by atoms with van der Waals surface area (Å²) in [7, 11) is 0. The van der Waals surface area contributed by atoms with Gasteiger partial charge < -0.3 is 10.1 Å². The molecule has 5 rings (SSSR count). The predicted octanol–water partition coefficient (Wildman–Crippen LogP) is 3.74. The van der Waals surface area contributed by atoms with Crippen LogP contribution in [0.1, 0.15) is 48.4 Å². The quantitative estimate of drug-likeness (QED) is 0.527. The number of carbonyl (C=O) groups excluding carboxylic acids is 3. The standard InChI is InChI=1S/C26H25N3O4S/c1-2-33-20-6-4-19(5-7-20)29-25(31)21-8-3-17(15-22(21)26(29)32)24(30)27-11-13-28-12-9-23-18(16-28)10-14-34-23/h3-8,10,14-15H,2,9,11-13,16H2,1H3,(H,27,30). The second-order valence-electron chi connectivity index (χ2n) is 8.28. The molecule has 7 nitrogen and oxygen atoms in total. The van der Waals surface area contributed by atoms with Crippen LogP contribution in [-0.4, -0.2) is 48.9 Å². The van der Waals surface area contributed by atoms with Gasteiger partial charge in [0.2, 0.25) is 0 Å². The third kappa shape index (κ3) is 4.22. The summed E-state index contributed by atoms with van der Waals surface area (Å²) < 4.78 is 5.43. The Morgan fingerprint density at radius 1 is 1.06 bits per heavy atom. The van der Waals surface area contributed by atoms with Crippen molar-refractivity contribution in [3.05, 3.63) is 81.0 Å². The van der Waals surface area contributed by atoms with Crippen LogP contribution < -0.4 is 15.0 Å². The minimum atomic E-state index is -0.432. The number of anilines is 1. The minimum Gasteiger partial charge on any atom is -0.494 e. The van der Waals surface area contributed by atoms with Gasteiger partial charge in [-0.15, -0.1) is 11.3 Å². The lowest BCUT2D eigenvalue weighted by molar-refractivity contribution is 0.0923. The molecule has 1 aromatic heterocycles. The molecule has 0 bridgehead atoms. The molecule has 0 saturated heterocycles. The number of carbonyl (C=O) groups is 3. The van der Waals surface area contributed by atoms with Crippen LogP contribution in [0.2, 0.25) is 0 Å². The zero-order chi connectivity index (χ0) is 23.7. The molecule has 0 radical (unpaired) electrons. The van der Waals surface area contributed by atoms with E-state index in [2.05, 4.69) is 21.7 Å². The van der Waals surface area contributed by atoms with E-state index in [0.717, 1.165) is 31.0 Å². The highest BCUT2D eigenvalue weighted by molar-refractivity contribution is 7.10. The monoisotopic (exact) mass is 475 g/mol. The van der Waals surface area contributed by atoms with Gasteiger partial charge in [-0.3, -0.25) is 19.3 Å². The summed E-state index contributed by atoms with van der Waals surface area (Å²) in [5, 5.41) is 5.07. The molecule has 2 aliphatic rings. The number of nitrogens with zero attached hydrogens (tertiary/aromatic N) is 2. The maximum absolute atomic E-state index is 13.0. The van der Waals surface area contributed by atoms with Crippen LogP contribution in [0.25, 0.3) is 0 Å². The number of fused-ring (bicyclic) bond motifs is 2. The second-order valence-corrected chi connectivity index (χ2v) is 9.28. The number of thiophene rings is 1. The molecular formula is C26H25N3O4S. The Labute approximate surface area is 201 Å². The van der Waals surface area contributed by atoms with Crippen LogP contribution >= 0.6 is 11.3 Å². The average Bonchev–Trinajstić information content (AvgIpc) is 3.42. The van der Waals surface area contributed by atoms with Crippen molar-refractivity contribution in [1.82, 2.24) is 10.2 Å². The molecule has 3 aromatic rings. The first-order chi connectivity index (χ1) is 16.5. The first kappa shape index (κ1) is 22.3. The van der Waals surface area contributed by atoms with Crippen molar-refractivity contribution in [3.63, 3.8) is 0 Å². The minimum absolute atomic E-state index is 0.243. The van der Waals surface area contributed by atoms with Crippen molar-refractivity contribution in [3.8, 4) is 5.75 Å². The topological polar surface area (TPSA) is 79.0 Å². The Bertz CT molecular complexity index is 1250. The fraction of sp³-hybridized carbons (Fsp3) is 0.269. The number of hydrogen-bond donors (Lipinski definition) is 1. The molecule has 0 unspecified atom stereocenters. The van der Waals surface area contributed by atoms with Gasteiger partial charge in [0.15, 0.2) is 0 Å². The molecule has 0 atom stereocenters. The fourth-order valence-electron chi connectivity index (χ4n) is 4.40. The Hall–Kier alpha value is -3.49. The third-order valence-corrected chi connectivity index (χ3v) is 7.18. The van der Waals surface area contributed by atoms with Crippen molar-refractivity contribution in [2.45, 2.75) is 19.9 Å². The summed E-state index contributed by atoms with van der Waals surface area (Å²) in [6, 6.07) is 13.6. The van der Waals surface area contributed by atoms with Crippen LogP contribution in [-0.2, 0) is 13.0 Å². The SMILES string of the molecule is CCOc1ccc(N2C(=O)c3ccc(C(=O)NCCN4CCc5sccc5C4)cc3C2=O)cc1. The van der Waals surface area contributed by atoms with E-state index >= 15 is 0 Å². The average molecular weight is 476 g/mol. The molecular weight excluding hydrogens is 450 g/mol. The molecule has 3 heterocycles. The van der Waals surface area contributed by atoms with E-state index in [0.29, 0.717) is 35.7 Å². The van der Waals surface area contributed by atoms with Gasteiger partial charge in [-0.2, -0.15) is 0 Å². The van der Waals surface area contributed by atoms with Gasteiger partial charge in [-0.1, -0.05) is 0 Å². The van der Waals surface area contributed by atoms with Gasteiger partial charge in [0.05, 0.1) is 23.4 Å². The van der Waals surface area contributed by atoms with Gasteiger partial charge in [0.1, 0.15) is 5.75 Å². The number of nitrogens with one attached hydrogen (secondary N) is 1. The Morgan fingerprint density at radius 2 is 1.85 bits per heavy atom. The summed E-state index contributed by atoms with van der Waals surface area (Å²) in [5.41, 5.74) is 2.76.